The molecule has 0 bridgehead atoms. The first-order valence-electron chi connectivity index (χ1n) is 8.39. The van der Waals surface area contributed by atoms with E-state index in [9.17, 15) is 12.8 Å². The maximum atomic E-state index is 13.7. The Balaban J connectivity index is 2.05. The number of nitrogens with two attached hydrogens (primary N) is 1. The van der Waals surface area contributed by atoms with Crippen molar-refractivity contribution in [2.24, 2.45) is 11.1 Å². The van der Waals surface area contributed by atoms with Gasteiger partial charge in [0.05, 0.1) is 16.8 Å². The van der Waals surface area contributed by atoms with E-state index in [1.807, 2.05) is 6.92 Å². The van der Waals surface area contributed by atoms with Crippen molar-refractivity contribution in [1.82, 2.24) is 0 Å². The maximum absolute atomic E-state index is 13.7. The molecule has 4 nitrogen and oxygen atoms in total. The van der Waals surface area contributed by atoms with Crippen molar-refractivity contribution < 1.29 is 17.5 Å². The number of benzene rings is 2. The molecule has 2 N–H and O–H groups in total. The van der Waals surface area contributed by atoms with E-state index in [1.165, 1.54) is 24.3 Å². The molecule has 3 unspecified atom stereocenters. The zero-order valence-corrected chi connectivity index (χ0v) is 15.9. The van der Waals surface area contributed by atoms with Crippen LogP contribution in [0.1, 0.15) is 18.4 Å². The van der Waals surface area contributed by atoms with Gasteiger partial charge in [-0.15, -0.1) is 0 Å². The largest absolute Gasteiger partial charge is 0.381 e. The van der Waals surface area contributed by atoms with Crippen molar-refractivity contribution in [2.75, 3.05) is 19.8 Å². The minimum atomic E-state index is -3.68. The van der Waals surface area contributed by atoms with Gasteiger partial charge in [-0.1, -0.05) is 23.7 Å². The molecule has 0 aromatic heterocycles. The fourth-order valence-electron chi connectivity index (χ4n) is 3.69. The van der Waals surface area contributed by atoms with Crippen LogP contribution in [0.3, 0.4) is 0 Å². The summed E-state index contributed by atoms with van der Waals surface area (Å²) in [5, 5.41) is -0.310. The van der Waals surface area contributed by atoms with Gasteiger partial charge in [-0.25, -0.2) is 12.8 Å². The average Bonchev–Trinajstić information content (AvgIpc) is 3.31. The molecule has 2 aromatic carbocycles. The molecule has 1 aliphatic carbocycles. The summed E-state index contributed by atoms with van der Waals surface area (Å²) in [6, 6.07) is 12.1. The predicted molar refractivity (Wildman–Crippen MR) is 99.5 cm³/mol. The second-order valence-electron chi connectivity index (χ2n) is 6.53. The topological polar surface area (TPSA) is 69.4 Å². The molecule has 1 fully saturated rings. The lowest BCUT2D eigenvalue weighted by atomic mass is 10.00. The van der Waals surface area contributed by atoms with Gasteiger partial charge in [0.15, 0.2) is 9.84 Å². The average molecular weight is 398 g/mol. The number of hydrogen-bond acceptors (Lipinski definition) is 4. The van der Waals surface area contributed by atoms with E-state index in [1.54, 1.807) is 24.3 Å². The molecule has 0 spiro atoms. The van der Waals surface area contributed by atoms with Crippen LogP contribution in [-0.4, -0.2) is 33.4 Å². The molecule has 26 heavy (non-hydrogen) atoms. The summed E-state index contributed by atoms with van der Waals surface area (Å²) in [4.78, 5) is 0.181. The molecule has 3 rings (SSSR count). The number of halogens is 2. The molecule has 3 atom stereocenters. The summed E-state index contributed by atoms with van der Waals surface area (Å²) in [5.41, 5.74) is 5.85. The Kier molecular flexibility index (Phi) is 5.40. The van der Waals surface area contributed by atoms with Crippen molar-refractivity contribution in [3.63, 3.8) is 0 Å². The van der Waals surface area contributed by atoms with E-state index in [0.717, 1.165) is 0 Å². The lowest BCUT2D eigenvalue weighted by Gasteiger charge is -2.16. The second-order valence-corrected chi connectivity index (χ2v) is 9.03. The zero-order chi connectivity index (χ0) is 18.9. The van der Waals surface area contributed by atoms with E-state index < -0.39 is 32.2 Å². The molecule has 7 heteroatoms. The highest BCUT2D eigenvalue weighted by Gasteiger charge is 2.70. The number of sulfone groups is 1. The highest BCUT2D eigenvalue weighted by Crippen LogP contribution is 2.63. The van der Waals surface area contributed by atoms with E-state index in [4.69, 9.17) is 22.1 Å². The van der Waals surface area contributed by atoms with Crippen LogP contribution in [0.15, 0.2) is 53.4 Å². The zero-order valence-electron chi connectivity index (χ0n) is 14.4. The van der Waals surface area contributed by atoms with Gasteiger partial charge < -0.3 is 10.5 Å². The summed E-state index contributed by atoms with van der Waals surface area (Å²) in [6.07, 6.45) is 0. The van der Waals surface area contributed by atoms with Gasteiger partial charge in [0.1, 0.15) is 5.82 Å². The van der Waals surface area contributed by atoms with Gasteiger partial charge in [0.25, 0.3) is 0 Å². The van der Waals surface area contributed by atoms with Crippen molar-refractivity contribution in [3.8, 4) is 0 Å². The van der Waals surface area contributed by atoms with E-state index in [2.05, 4.69) is 0 Å². The SMILES string of the molecule is CCOCC1(CN)C(c2cccc(F)c2)C1S(=O)(=O)c1ccc(Cl)cc1. The maximum Gasteiger partial charge on any atom is 0.182 e. The highest BCUT2D eigenvalue weighted by atomic mass is 35.5. The summed E-state index contributed by atoms with van der Waals surface area (Å²) in [6.45, 7) is 2.63. The van der Waals surface area contributed by atoms with Gasteiger partial charge in [-0.05, 0) is 48.9 Å². The first-order chi connectivity index (χ1) is 12.4. The van der Waals surface area contributed by atoms with Crippen LogP contribution in [0.2, 0.25) is 5.02 Å². The number of ether oxygens (including phenoxy) is 1. The van der Waals surface area contributed by atoms with Gasteiger partial charge in [-0.3, -0.25) is 0 Å². The third-order valence-corrected chi connectivity index (χ3v) is 7.61. The van der Waals surface area contributed by atoms with Crippen molar-refractivity contribution in [3.05, 3.63) is 64.9 Å². The molecule has 0 heterocycles. The van der Waals surface area contributed by atoms with Gasteiger partial charge in [-0.2, -0.15) is 0 Å². The second kappa shape index (κ2) is 7.27. The van der Waals surface area contributed by atoms with Crippen LogP contribution in [-0.2, 0) is 14.6 Å². The minimum absolute atomic E-state index is 0.131. The fraction of sp³-hybridized carbons (Fsp3) is 0.368. The van der Waals surface area contributed by atoms with Crippen LogP contribution in [0.25, 0.3) is 0 Å². The summed E-state index contributed by atoms with van der Waals surface area (Å²) >= 11 is 5.87. The summed E-state index contributed by atoms with van der Waals surface area (Å²) < 4.78 is 45.8. The summed E-state index contributed by atoms with van der Waals surface area (Å²) in [7, 11) is -3.68. The lowest BCUT2D eigenvalue weighted by Crippen LogP contribution is -2.29. The highest BCUT2D eigenvalue weighted by molar-refractivity contribution is 7.92. The first kappa shape index (κ1) is 19.3. The molecular formula is C19H21ClFNO3S. The van der Waals surface area contributed by atoms with E-state index in [-0.39, 0.29) is 18.0 Å². The normalized spacial score (nSPS) is 25.2. The van der Waals surface area contributed by atoms with Crippen LogP contribution in [0.5, 0.6) is 0 Å². The molecule has 2 aromatic rings. The Morgan fingerprint density at radius 2 is 1.92 bits per heavy atom. The number of hydrogen-bond donors (Lipinski definition) is 1. The lowest BCUT2D eigenvalue weighted by molar-refractivity contribution is 0.101. The molecule has 0 aliphatic heterocycles. The molecule has 1 aliphatic rings. The van der Waals surface area contributed by atoms with Crippen LogP contribution < -0.4 is 5.73 Å². The van der Waals surface area contributed by atoms with Gasteiger partial charge in [0, 0.05) is 29.5 Å². The summed E-state index contributed by atoms with van der Waals surface area (Å²) in [5.74, 6) is -0.824. The molecule has 0 saturated heterocycles. The third-order valence-electron chi connectivity index (χ3n) is 5.02. The molecular weight excluding hydrogens is 377 g/mol. The smallest absolute Gasteiger partial charge is 0.182 e. The molecule has 0 radical (unpaired) electrons. The van der Waals surface area contributed by atoms with E-state index in [0.29, 0.717) is 17.2 Å². The van der Waals surface area contributed by atoms with Crippen molar-refractivity contribution in [1.29, 1.82) is 0 Å². The quantitative estimate of drug-likeness (QED) is 0.777. The minimum Gasteiger partial charge on any atom is -0.381 e. The van der Waals surface area contributed by atoms with Crippen molar-refractivity contribution in [2.45, 2.75) is 23.0 Å². The number of rotatable bonds is 7. The molecule has 0 amide bonds. The Bertz CT molecular complexity index is 888. The molecule has 140 valence electrons. The Morgan fingerprint density at radius 3 is 2.50 bits per heavy atom. The Labute approximate surface area is 158 Å². The monoisotopic (exact) mass is 397 g/mol. The predicted octanol–water partition coefficient (Wildman–Crippen LogP) is 3.40. The fourth-order valence-corrected chi connectivity index (χ4v) is 6.26. The Hall–Kier alpha value is -1.47. The standard InChI is InChI=1S/C19H21ClFNO3S/c1-2-25-12-19(11-22)17(13-4-3-5-15(21)10-13)18(19)26(23,24)16-8-6-14(20)7-9-16/h3-10,17-18H,2,11-12,22H2,1H3. The van der Waals surface area contributed by atoms with E-state index >= 15 is 0 Å². The van der Waals surface area contributed by atoms with Gasteiger partial charge >= 0.3 is 0 Å². The third kappa shape index (κ3) is 3.27. The van der Waals surface area contributed by atoms with Crippen molar-refractivity contribution >= 4 is 21.4 Å². The van der Waals surface area contributed by atoms with Crippen LogP contribution in [0.4, 0.5) is 4.39 Å². The molecule has 1 saturated carbocycles. The Morgan fingerprint density at radius 1 is 1.23 bits per heavy atom. The van der Waals surface area contributed by atoms with Crippen LogP contribution in [0, 0.1) is 11.2 Å². The van der Waals surface area contributed by atoms with Gasteiger partial charge in [0.2, 0.25) is 0 Å². The first-order valence-corrected chi connectivity index (χ1v) is 10.3. The van der Waals surface area contributed by atoms with Crippen LogP contribution >= 0.6 is 11.6 Å².